The first-order valence-electron chi connectivity index (χ1n) is 5.23. The third-order valence-corrected chi connectivity index (χ3v) is 2.18. The third-order valence-electron chi connectivity index (χ3n) is 2.18. The minimum atomic E-state index is -4.38. The topological polar surface area (TPSA) is 76.8 Å². The number of aromatic amines is 1. The van der Waals surface area contributed by atoms with Crippen LogP contribution >= 0.6 is 0 Å². The van der Waals surface area contributed by atoms with E-state index in [0.717, 1.165) is 0 Å². The van der Waals surface area contributed by atoms with E-state index in [4.69, 9.17) is 10.5 Å². The summed E-state index contributed by atoms with van der Waals surface area (Å²) in [6, 6.07) is 1.36. The SMILES string of the molecule is NCCc1nc2nccc(OCC(F)(F)F)c2[nH]1. The first kappa shape index (κ1) is 12.6. The summed E-state index contributed by atoms with van der Waals surface area (Å²) < 4.78 is 41.0. The van der Waals surface area contributed by atoms with Gasteiger partial charge in [0.25, 0.3) is 0 Å². The number of nitrogens with zero attached hydrogens (tertiary/aromatic N) is 2. The van der Waals surface area contributed by atoms with Crippen LogP contribution in [-0.4, -0.2) is 34.3 Å². The van der Waals surface area contributed by atoms with Gasteiger partial charge in [0.2, 0.25) is 0 Å². The summed E-state index contributed by atoms with van der Waals surface area (Å²) in [6.07, 6.45) is -2.54. The Morgan fingerprint density at radius 1 is 1.39 bits per heavy atom. The Morgan fingerprint density at radius 3 is 2.83 bits per heavy atom. The lowest BCUT2D eigenvalue weighted by atomic mass is 10.4. The van der Waals surface area contributed by atoms with E-state index in [1.54, 1.807) is 0 Å². The molecule has 2 aromatic rings. The van der Waals surface area contributed by atoms with E-state index in [1.165, 1.54) is 12.3 Å². The van der Waals surface area contributed by atoms with Gasteiger partial charge >= 0.3 is 6.18 Å². The number of hydrogen-bond donors (Lipinski definition) is 2. The van der Waals surface area contributed by atoms with Crippen LogP contribution in [0, 0.1) is 0 Å². The highest BCUT2D eigenvalue weighted by Gasteiger charge is 2.28. The van der Waals surface area contributed by atoms with Crippen molar-refractivity contribution < 1.29 is 17.9 Å². The maximum Gasteiger partial charge on any atom is 0.422 e. The zero-order valence-electron chi connectivity index (χ0n) is 9.29. The lowest BCUT2D eigenvalue weighted by molar-refractivity contribution is -0.153. The van der Waals surface area contributed by atoms with Gasteiger partial charge in [0.15, 0.2) is 12.3 Å². The first-order chi connectivity index (χ1) is 8.49. The number of H-pyrrole nitrogens is 1. The second kappa shape index (κ2) is 4.81. The average molecular weight is 260 g/mol. The molecule has 2 heterocycles. The quantitative estimate of drug-likeness (QED) is 0.871. The van der Waals surface area contributed by atoms with E-state index in [2.05, 4.69) is 15.0 Å². The summed E-state index contributed by atoms with van der Waals surface area (Å²) in [5.74, 6) is 0.649. The average Bonchev–Trinajstić information content (AvgIpc) is 2.68. The van der Waals surface area contributed by atoms with Crippen LogP contribution in [0.5, 0.6) is 5.75 Å². The van der Waals surface area contributed by atoms with Crippen molar-refractivity contribution in [2.45, 2.75) is 12.6 Å². The van der Waals surface area contributed by atoms with Gasteiger partial charge < -0.3 is 15.5 Å². The van der Waals surface area contributed by atoms with Crippen molar-refractivity contribution in [2.24, 2.45) is 5.73 Å². The van der Waals surface area contributed by atoms with E-state index >= 15 is 0 Å². The van der Waals surface area contributed by atoms with Crippen molar-refractivity contribution in [1.29, 1.82) is 0 Å². The van der Waals surface area contributed by atoms with E-state index in [0.29, 0.717) is 30.0 Å². The molecular weight excluding hydrogens is 249 g/mol. The summed E-state index contributed by atoms with van der Waals surface area (Å²) >= 11 is 0. The molecule has 2 rings (SSSR count). The zero-order chi connectivity index (χ0) is 13.2. The number of nitrogens with one attached hydrogen (secondary N) is 1. The van der Waals surface area contributed by atoms with Crippen LogP contribution in [0.15, 0.2) is 12.3 Å². The second-order valence-corrected chi connectivity index (χ2v) is 3.63. The predicted molar refractivity (Wildman–Crippen MR) is 58.2 cm³/mol. The molecule has 0 saturated heterocycles. The lowest BCUT2D eigenvalue weighted by Crippen LogP contribution is -2.19. The number of pyridine rings is 1. The first-order valence-corrected chi connectivity index (χ1v) is 5.23. The Balaban J connectivity index is 2.27. The predicted octanol–water partition coefficient (Wildman–Crippen LogP) is 1.40. The van der Waals surface area contributed by atoms with Gasteiger partial charge in [0, 0.05) is 18.7 Å². The monoisotopic (exact) mass is 260 g/mol. The van der Waals surface area contributed by atoms with E-state index in [1.807, 2.05) is 0 Å². The Labute approximate surface area is 100 Å². The smallest absolute Gasteiger partial charge is 0.422 e. The number of halogens is 3. The molecule has 0 unspecified atom stereocenters. The summed E-state index contributed by atoms with van der Waals surface area (Å²) in [6.45, 7) is -0.962. The molecule has 18 heavy (non-hydrogen) atoms. The number of nitrogens with two attached hydrogens (primary N) is 1. The Bertz CT molecular complexity index is 537. The fourth-order valence-corrected chi connectivity index (χ4v) is 1.47. The number of ether oxygens (including phenoxy) is 1. The Morgan fingerprint density at radius 2 is 2.17 bits per heavy atom. The molecule has 0 amide bonds. The van der Waals surface area contributed by atoms with Crippen molar-refractivity contribution in [3.05, 3.63) is 18.1 Å². The summed E-state index contributed by atoms with van der Waals surface area (Å²) in [5, 5.41) is 0. The fourth-order valence-electron chi connectivity index (χ4n) is 1.47. The Hall–Kier alpha value is -1.83. The molecule has 2 aromatic heterocycles. The molecule has 0 aliphatic rings. The molecule has 0 saturated carbocycles. The van der Waals surface area contributed by atoms with Crippen LogP contribution in [0.1, 0.15) is 5.82 Å². The molecule has 0 atom stereocenters. The van der Waals surface area contributed by atoms with Crippen LogP contribution in [0.2, 0.25) is 0 Å². The molecule has 0 aromatic carbocycles. The number of imidazole rings is 1. The van der Waals surface area contributed by atoms with Gasteiger partial charge in [-0.15, -0.1) is 0 Å². The van der Waals surface area contributed by atoms with Gasteiger partial charge in [0.1, 0.15) is 17.1 Å². The largest absolute Gasteiger partial charge is 0.482 e. The minimum Gasteiger partial charge on any atom is -0.482 e. The van der Waals surface area contributed by atoms with E-state index < -0.39 is 12.8 Å². The minimum absolute atomic E-state index is 0.0769. The maximum atomic E-state index is 12.1. The normalized spacial score (nSPS) is 12.0. The van der Waals surface area contributed by atoms with E-state index in [9.17, 15) is 13.2 Å². The van der Waals surface area contributed by atoms with Crippen LogP contribution in [0.25, 0.3) is 11.2 Å². The van der Waals surface area contributed by atoms with E-state index in [-0.39, 0.29) is 5.75 Å². The third kappa shape index (κ3) is 2.89. The van der Waals surface area contributed by atoms with Gasteiger partial charge in [-0.25, -0.2) is 9.97 Å². The molecule has 8 heteroatoms. The van der Waals surface area contributed by atoms with Gasteiger partial charge in [-0.05, 0) is 6.54 Å². The number of aromatic nitrogens is 3. The van der Waals surface area contributed by atoms with Gasteiger partial charge in [-0.1, -0.05) is 0 Å². The van der Waals surface area contributed by atoms with Crippen LogP contribution in [-0.2, 0) is 6.42 Å². The second-order valence-electron chi connectivity index (χ2n) is 3.63. The molecule has 0 aliphatic heterocycles. The summed E-state index contributed by atoms with van der Waals surface area (Å²) in [5.41, 5.74) is 6.05. The molecule has 5 nitrogen and oxygen atoms in total. The highest BCUT2D eigenvalue weighted by Crippen LogP contribution is 2.24. The summed E-state index contributed by atoms with van der Waals surface area (Å²) in [7, 11) is 0. The maximum absolute atomic E-state index is 12.1. The number of hydrogen-bond acceptors (Lipinski definition) is 4. The van der Waals surface area contributed by atoms with Crippen LogP contribution in [0.3, 0.4) is 0 Å². The number of fused-ring (bicyclic) bond motifs is 1. The van der Waals surface area contributed by atoms with Gasteiger partial charge in [0.05, 0.1) is 0 Å². The molecule has 0 fully saturated rings. The standard InChI is InChI=1S/C10H11F3N4O/c11-10(12,13)5-18-6-2-4-15-9-8(6)16-7(17-9)1-3-14/h2,4H,1,3,5,14H2,(H,15,16,17). The number of alkyl halides is 3. The summed E-state index contributed by atoms with van der Waals surface area (Å²) in [4.78, 5) is 10.9. The molecular formula is C10H11F3N4O. The van der Waals surface area contributed by atoms with Crippen molar-refractivity contribution in [3.63, 3.8) is 0 Å². The number of rotatable bonds is 4. The lowest BCUT2D eigenvalue weighted by Gasteiger charge is -2.08. The zero-order valence-corrected chi connectivity index (χ0v) is 9.29. The van der Waals surface area contributed by atoms with Crippen molar-refractivity contribution in [2.75, 3.05) is 13.2 Å². The molecule has 0 aliphatic carbocycles. The van der Waals surface area contributed by atoms with Crippen molar-refractivity contribution in [1.82, 2.24) is 15.0 Å². The van der Waals surface area contributed by atoms with Crippen LogP contribution in [0.4, 0.5) is 13.2 Å². The van der Waals surface area contributed by atoms with Crippen molar-refractivity contribution >= 4 is 11.2 Å². The Kier molecular flexibility index (Phi) is 3.37. The fraction of sp³-hybridized carbons (Fsp3) is 0.400. The molecule has 3 N–H and O–H groups in total. The van der Waals surface area contributed by atoms with Gasteiger partial charge in [-0.3, -0.25) is 0 Å². The van der Waals surface area contributed by atoms with Crippen LogP contribution < -0.4 is 10.5 Å². The highest BCUT2D eigenvalue weighted by atomic mass is 19.4. The molecule has 0 bridgehead atoms. The van der Waals surface area contributed by atoms with Crippen molar-refractivity contribution in [3.8, 4) is 5.75 Å². The molecule has 0 radical (unpaired) electrons. The van der Waals surface area contributed by atoms with Gasteiger partial charge in [-0.2, -0.15) is 13.2 Å². The highest BCUT2D eigenvalue weighted by molar-refractivity contribution is 5.77. The molecule has 0 spiro atoms. The molecule has 98 valence electrons.